The number of likely N-dealkylation sites (N-methyl/N-ethyl adjacent to an activating group) is 3. The molecule has 0 aliphatic carbocycles. The van der Waals surface area contributed by atoms with Crippen molar-refractivity contribution < 1.29 is 76.5 Å². The summed E-state index contributed by atoms with van der Waals surface area (Å²) in [6, 6.07) is 11.1. The summed E-state index contributed by atoms with van der Waals surface area (Å²) in [6.45, 7) is 20.5. The number of ether oxygens (including phenoxy) is 4. The van der Waals surface area contributed by atoms with Crippen LogP contribution in [-0.4, -0.2) is 264 Å². The van der Waals surface area contributed by atoms with Gasteiger partial charge < -0.3 is 91.6 Å². The van der Waals surface area contributed by atoms with Gasteiger partial charge in [-0.05, 0) is 98.0 Å². The zero-order valence-corrected chi connectivity index (χ0v) is 67.5. The predicted octanol–water partition coefficient (Wildman–Crippen LogP) is 3.64. The number of anilines is 1. The quantitative estimate of drug-likeness (QED) is 0.0259. The number of nitrogens with two attached hydrogens (primary N) is 1. The number of benzene rings is 2. The van der Waals surface area contributed by atoms with Gasteiger partial charge in [0.15, 0.2) is 6.10 Å². The number of methoxy groups -OCH3 is 2. The van der Waals surface area contributed by atoms with Gasteiger partial charge in [-0.3, -0.25) is 52.8 Å². The molecule has 2 aromatic rings. The molecular formula is C78H126N14O16S. The van der Waals surface area contributed by atoms with Crippen LogP contribution in [-0.2, 0) is 82.9 Å². The number of thioether (sulfide) groups is 1. The molecule has 0 spiro atoms. The highest BCUT2D eigenvalue weighted by atomic mass is 32.2. The Hall–Kier alpha value is -7.62. The summed E-state index contributed by atoms with van der Waals surface area (Å²) in [5.41, 5.74) is 7.74. The molecule has 0 bridgehead atoms. The molecule has 2 unspecified atom stereocenters. The lowest BCUT2D eigenvalue weighted by Crippen LogP contribution is -2.60. The van der Waals surface area contributed by atoms with Gasteiger partial charge in [-0.25, -0.2) is 0 Å². The first kappa shape index (κ1) is 92.0. The molecule has 13 atom stereocenters. The van der Waals surface area contributed by atoms with Gasteiger partial charge in [-0.1, -0.05) is 111 Å². The van der Waals surface area contributed by atoms with Crippen molar-refractivity contribution in [2.75, 3.05) is 119 Å². The van der Waals surface area contributed by atoms with Gasteiger partial charge in [-0.2, -0.15) is 5.06 Å². The maximum absolute atomic E-state index is 15.2. The Morgan fingerprint density at radius 2 is 1.37 bits per heavy atom. The average Bonchev–Trinajstić information content (AvgIpc) is 1.03. The molecule has 610 valence electrons. The molecule has 0 saturated carbocycles. The van der Waals surface area contributed by atoms with Crippen molar-refractivity contribution in [3.05, 3.63) is 77.3 Å². The van der Waals surface area contributed by atoms with E-state index in [1.54, 1.807) is 85.8 Å². The second kappa shape index (κ2) is 48.2. The van der Waals surface area contributed by atoms with Crippen LogP contribution in [0.2, 0.25) is 0 Å². The van der Waals surface area contributed by atoms with Crippen LogP contribution in [0.4, 0.5) is 5.69 Å². The number of nitrogens with one attached hydrogen (secondary N) is 8. The van der Waals surface area contributed by atoms with Gasteiger partial charge in [0.1, 0.15) is 30.5 Å². The molecule has 10 N–H and O–H groups in total. The second-order valence-electron chi connectivity index (χ2n) is 29.5. The first-order chi connectivity index (χ1) is 52.1. The Bertz CT molecular complexity index is 3210. The van der Waals surface area contributed by atoms with E-state index in [1.807, 2.05) is 97.5 Å². The van der Waals surface area contributed by atoms with E-state index in [2.05, 4.69) is 47.4 Å². The van der Waals surface area contributed by atoms with E-state index in [0.717, 1.165) is 5.56 Å². The fourth-order valence-electron chi connectivity index (χ4n) is 13.8. The molecule has 3 heterocycles. The predicted molar refractivity (Wildman–Crippen MR) is 417 cm³/mol. The first-order valence-electron chi connectivity index (χ1n) is 38.6. The number of piperazine rings is 1. The van der Waals surface area contributed by atoms with Crippen molar-refractivity contribution >= 4 is 82.8 Å². The van der Waals surface area contributed by atoms with E-state index in [4.69, 9.17) is 29.5 Å². The van der Waals surface area contributed by atoms with E-state index in [-0.39, 0.29) is 137 Å². The summed E-state index contributed by atoms with van der Waals surface area (Å²) in [5, 5.41) is 26.7. The minimum Gasteiger partial charge on any atom is -0.379 e. The molecule has 0 aromatic heterocycles. The van der Waals surface area contributed by atoms with Gasteiger partial charge in [-0.15, -0.1) is 11.8 Å². The number of likely N-dealkylation sites (tertiary alicyclic amines) is 1. The fourth-order valence-corrected chi connectivity index (χ4v) is 14.6. The Balaban J connectivity index is 1.22. The van der Waals surface area contributed by atoms with Crippen LogP contribution in [0.5, 0.6) is 0 Å². The Labute approximate surface area is 649 Å². The van der Waals surface area contributed by atoms with E-state index in [0.29, 0.717) is 82.4 Å². The van der Waals surface area contributed by atoms with Gasteiger partial charge in [0.2, 0.25) is 53.2 Å². The van der Waals surface area contributed by atoms with Crippen molar-refractivity contribution in [3.63, 3.8) is 0 Å². The van der Waals surface area contributed by atoms with Crippen molar-refractivity contribution in [1.29, 1.82) is 0 Å². The minimum atomic E-state index is -1.27. The fraction of sp³-hybridized carbons (Fsp3) is 0.679. The van der Waals surface area contributed by atoms with Gasteiger partial charge >= 0.3 is 0 Å². The third-order valence-corrected chi connectivity index (χ3v) is 21.3. The summed E-state index contributed by atoms with van der Waals surface area (Å²) in [7, 11) is 8.34. The summed E-state index contributed by atoms with van der Waals surface area (Å²) in [6.07, 6.45) is 3.15. The zero-order valence-electron chi connectivity index (χ0n) is 66.7. The molecule has 2 saturated heterocycles. The van der Waals surface area contributed by atoms with Crippen LogP contribution in [0.15, 0.2) is 66.2 Å². The van der Waals surface area contributed by atoms with Crippen molar-refractivity contribution in [1.82, 2.24) is 61.9 Å². The van der Waals surface area contributed by atoms with E-state index < -0.39 is 102 Å². The van der Waals surface area contributed by atoms with E-state index >= 15 is 4.79 Å². The number of amides is 10. The second-order valence-corrected chi connectivity index (χ2v) is 30.6. The van der Waals surface area contributed by atoms with E-state index in [9.17, 15) is 47.9 Å². The number of aldehydes is 1. The van der Waals surface area contributed by atoms with Gasteiger partial charge in [0, 0.05) is 112 Å². The molecule has 0 radical (unpaired) electrons. The number of hydrogen-bond donors (Lipinski definition) is 9. The van der Waals surface area contributed by atoms with Crippen LogP contribution in [0.3, 0.4) is 0 Å². The monoisotopic (exact) mass is 1550 g/mol. The van der Waals surface area contributed by atoms with Crippen molar-refractivity contribution in [2.24, 2.45) is 35.3 Å². The lowest BCUT2D eigenvalue weighted by molar-refractivity contribution is -0.220. The summed E-state index contributed by atoms with van der Waals surface area (Å²) >= 11 is 1.61. The summed E-state index contributed by atoms with van der Waals surface area (Å²) < 4.78 is 23.4. The molecule has 10 amide bonds. The summed E-state index contributed by atoms with van der Waals surface area (Å²) in [5.74, 6) is -5.80. The maximum atomic E-state index is 15.2. The number of carbonyl (C=O) groups is 11. The highest BCUT2D eigenvalue weighted by molar-refractivity contribution is 8.03. The Morgan fingerprint density at radius 3 is 1.97 bits per heavy atom. The number of hydrogen-bond acceptors (Lipinski definition) is 21. The molecule has 30 nitrogen and oxygen atoms in total. The molecule has 3 aliphatic rings. The number of rotatable bonds is 49. The van der Waals surface area contributed by atoms with Crippen molar-refractivity contribution in [3.8, 4) is 0 Å². The molecule has 31 heteroatoms. The number of carbonyl (C=O) groups excluding carboxylic acids is 11. The SMILES string of the molecule is CC[C@H](C)[C@@H]([C@@H](CC(=O)N1CCC[C@H]1[C@H](OC)[C@@H](C)C(=O)N[C@@H](Cc1ccccc1)C1NC=CS1)OC)N(C)C(=O)[C@@H](NC(=O)[C@H](C(C)C)N(C)OC(C(=O)N1CCN(C)CC1)c1ccc(NC(=O)[C@H](CCCN)NC(=O)[C@@H](NC(=O)CCOCCOCCNC(=O)CCNC(=O)CCC=O)C(C)C)cc1)C(C)C. The minimum absolute atomic E-state index is 0.0321. The lowest BCUT2D eigenvalue weighted by atomic mass is 9.89. The molecule has 3 aliphatic heterocycles. The topological polar surface area (TPSA) is 372 Å². The van der Waals surface area contributed by atoms with Crippen LogP contribution < -0.4 is 48.3 Å². The first-order valence-corrected chi connectivity index (χ1v) is 39.6. The summed E-state index contributed by atoms with van der Waals surface area (Å²) in [4.78, 5) is 163. The Morgan fingerprint density at radius 1 is 0.706 bits per heavy atom. The average molecular weight is 1550 g/mol. The molecule has 2 fully saturated rings. The van der Waals surface area contributed by atoms with Gasteiger partial charge in [0.05, 0.1) is 74.5 Å². The van der Waals surface area contributed by atoms with Crippen LogP contribution in [0, 0.1) is 29.6 Å². The standard InChI is InChI=1S/C78H126N14O16S/c1-15-53(8)69(61(104-13)49-65(97)92-37-20-25-60(92)70(105-14)54(9)72(98)85-59(76-82-36-47-109-76)48-55-22-17-16-18-23-55)89(11)77(102)67(51(4)5)87-75(101)68(52(6)7)90(12)108-71(78(103)91-40-38-88(10)39-41-91)56-27-29-57(30-28-56)83-73(99)58(24-19-33-79)84-74(100)66(50(2)3)86-64(96)32-43-106-45-46-107-44-35-81-63(95)31-34-80-62(94)26-21-42-93/h16-18,22-23,27-30,36,42,47,50-54,58-61,66-71,76,82H,15,19-21,24-26,31-35,37-41,43-46,48-49,79H2,1-14H3,(H,80,94)(H,81,95)(H,83,99)(H,84,100)(H,85,98)(H,86,96)(H,87,101)/t53-,54+,58-,59-,60-,61+,66-,67-,68-,69-,70+,71?,76?/m0/s1. The third kappa shape index (κ3) is 29.5. The van der Waals surface area contributed by atoms with Crippen LogP contribution in [0.1, 0.15) is 144 Å². The normalized spacial score (nSPS) is 18.3. The molecule has 109 heavy (non-hydrogen) atoms. The van der Waals surface area contributed by atoms with Gasteiger partial charge in [0.25, 0.3) is 5.91 Å². The zero-order chi connectivity index (χ0) is 80.3. The van der Waals surface area contributed by atoms with Crippen LogP contribution in [0.25, 0.3) is 0 Å². The lowest BCUT2D eigenvalue weighted by Gasteiger charge is -2.41. The molecule has 5 rings (SSSR count). The molecule has 2 aromatic carbocycles. The molecular weight excluding hydrogens is 1420 g/mol. The van der Waals surface area contributed by atoms with E-state index in [1.165, 1.54) is 12.2 Å². The smallest absolute Gasteiger partial charge is 0.258 e. The maximum Gasteiger partial charge on any atom is 0.258 e. The third-order valence-electron chi connectivity index (χ3n) is 20.3. The largest absolute Gasteiger partial charge is 0.379 e. The number of nitrogens with zero attached hydrogens (tertiary/aromatic N) is 5. The van der Waals surface area contributed by atoms with Crippen molar-refractivity contribution in [2.45, 2.75) is 199 Å². The highest BCUT2D eigenvalue weighted by Gasteiger charge is 2.45. The number of hydroxylamine groups is 2. The Kier molecular flexibility index (Phi) is 40.7. The highest BCUT2D eigenvalue weighted by Crippen LogP contribution is 2.32. The van der Waals surface area contributed by atoms with Crippen LogP contribution >= 0.6 is 11.8 Å².